The molecule has 9 heteroatoms. The van der Waals surface area contributed by atoms with Crippen LogP contribution in [0.3, 0.4) is 0 Å². The first-order valence-electron chi connectivity index (χ1n) is 11.8. The summed E-state index contributed by atoms with van der Waals surface area (Å²) < 4.78 is 51.8. The van der Waals surface area contributed by atoms with Crippen LogP contribution in [0.2, 0.25) is 0 Å². The number of benzene rings is 1. The quantitative estimate of drug-likeness (QED) is 0.459. The predicted molar refractivity (Wildman–Crippen MR) is 123 cm³/mol. The molecule has 1 aliphatic carbocycles. The molecule has 0 spiro atoms. The second-order valence-electron chi connectivity index (χ2n) is 9.41. The van der Waals surface area contributed by atoms with Crippen molar-refractivity contribution in [1.82, 2.24) is 9.80 Å². The highest BCUT2D eigenvalue weighted by Crippen LogP contribution is 2.39. The van der Waals surface area contributed by atoms with Crippen LogP contribution in [-0.2, 0) is 15.7 Å². The SMILES string of the molecule is C=C(N=C(OC)C1CC(c2ccc(C)c(C(F)(F)F)c2)CN(C(=O)N2CCOCC2)C1)C1CC1. The number of rotatable bonds is 4. The maximum atomic E-state index is 13.6. The summed E-state index contributed by atoms with van der Waals surface area (Å²) in [7, 11) is 1.55. The Bertz CT molecular complexity index is 952. The van der Waals surface area contributed by atoms with E-state index in [0.29, 0.717) is 63.2 Å². The number of urea groups is 1. The first-order chi connectivity index (χ1) is 16.2. The van der Waals surface area contributed by atoms with Crippen molar-refractivity contribution in [2.75, 3.05) is 46.5 Å². The van der Waals surface area contributed by atoms with Gasteiger partial charge in [0, 0.05) is 43.7 Å². The lowest BCUT2D eigenvalue weighted by atomic mass is 9.83. The Morgan fingerprint density at radius 1 is 1.15 bits per heavy atom. The molecule has 4 rings (SSSR count). The zero-order valence-corrected chi connectivity index (χ0v) is 19.7. The number of ether oxygens (including phenoxy) is 2. The Balaban J connectivity index is 1.64. The van der Waals surface area contributed by atoms with Crippen molar-refractivity contribution in [1.29, 1.82) is 0 Å². The number of morpholine rings is 1. The van der Waals surface area contributed by atoms with Crippen LogP contribution in [0.25, 0.3) is 0 Å². The first-order valence-corrected chi connectivity index (χ1v) is 11.8. The Morgan fingerprint density at radius 3 is 2.47 bits per heavy atom. The van der Waals surface area contributed by atoms with Crippen LogP contribution in [0.15, 0.2) is 35.5 Å². The fourth-order valence-corrected chi connectivity index (χ4v) is 4.78. The standard InChI is InChI=1S/C25H32F3N3O3/c1-16-4-5-19(13-22(16)25(26,27)28)20-12-21(23(33-3)29-17(2)18-6-7-18)15-31(14-20)24(32)30-8-10-34-11-9-30/h4-5,13,18,20-21H,2,6-12,14-15H2,1,3H3. The average Bonchev–Trinajstić information content (AvgIpc) is 3.67. The molecule has 0 N–H and O–H groups in total. The van der Waals surface area contributed by atoms with Gasteiger partial charge in [-0.05, 0) is 43.4 Å². The van der Waals surface area contributed by atoms with Gasteiger partial charge in [0.05, 0.1) is 31.8 Å². The van der Waals surface area contributed by atoms with Crippen LogP contribution in [-0.4, -0.2) is 68.2 Å². The summed E-state index contributed by atoms with van der Waals surface area (Å²) in [5.41, 5.74) is 0.879. The van der Waals surface area contributed by atoms with Crippen molar-refractivity contribution in [3.05, 3.63) is 47.2 Å². The third-order valence-electron chi connectivity index (χ3n) is 6.90. The number of carbonyl (C=O) groups excluding carboxylic acids is 1. The molecular weight excluding hydrogens is 447 g/mol. The van der Waals surface area contributed by atoms with Gasteiger partial charge in [0.25, 0.3) is 0 Å². The molecule has 34 heavy (non-hydrogen) atoms. The molecule has 3 aliphatic rings. The number of carbonyl (C=O) groups is 1. The van der Waals surface area contributed by atoms with Crippen molar-refractivity contribution in [3.8, 4) is 0 Å². The second-order valence-corrected chi connectivity index (χ2v) is 9.41. The number of amides is 2. The van der Waals surface area contributed by atoms with E-state index < -0.39 is 11.7 Å². The van der Waals surface area contributed by atoms with E-state index in [0.717, 1.165) is 18.5 Å². The lowest BCUT2D eigenvalue weighted by Crippen LogP contribution is -2.53. The fourth-order valence-electron chi connectivity index (χ4n) is 4.78. The van der Waals surface area contributed by atoms with E-state index in [-0.39, 0.29) is 23.4 Å². The highest BCUT2D eigenvalue weighted by Gasteiger charge is 2.38. The number of aliphatic imine (C=N–C) groups is 1. The molecule has 0 bridgehead atoms. The van der Waals surface area contributed by atoms with Gasteiger partial charge in [0.15, 0.2) is 5.90 Å². The molecule has 2 amide bonds. The molecule has 2 aliphatic heterocycles. The number of likely N-dealkylation sites (tertiary alicyclic amines) is 1. The number of allylic oxidation sites excluding steroid dienone is 1. The maximum absolute atomic E-state index is 13.6. The molecule has 6 nitrogen and oxygen atoms in total. The molecule has 0 radical (unpaired) electrons. The summed E-state index contributed by atoms with van der Waals surface area (Å²) in [6.07, 6.45) is -1.79. The number of halogens is 3. The lowest BCUT2D eigenvalue weighted by Gasteiger charge is -2.41. The van der Waals surface area contributed by atoms with Crippen molar-refractivity contribution in [2.45, 2.75) is 38.3 Å². The monoisotopic (exact) mass is 479 g/mol. The number of hydrogen-bond acceptors (Lipinski definition) is 4. The lowest BCUT2D eigenvalue weighted by molar-refractivity contribution is -0.138. The minimum atomic E-state index is -4.43. The molecule has 1 aromatic carbocycles. The Morgan fingerprint density at radius 2 is 1.85 bits per heavy atom. The molecule has 2 atom stereocenters. The van der Waals surface area contributed by atoms with Crippen LogP contribution >= 0.6 is 0 Å². The third kappa shape index (κ3) is 5.56. The zero-order valence-electron chi connectivity index (χ0n) is 19.7. The minimum absolute atomic E-state index is 0.127. The number of methoxy groups -OCH3 is 1. The fraction of sp³-hybridized carbons (Fsp3) is 0.600. The Kier molecular flexibility index (Phi) is 7.21. The minimum Gasteiger partial charge on any atom is -0.484 e. The maximum Gasteiger partial charge on any atom is 0.416 e. The smallest absolute Gasteiger partial charge is 0.416 e. The number of aryl methyl sites for hydroxylation is 1. The Labute approximate surface area is 198 Å². The molecule has 1 aromatic rings. The van der Waals surface area contributed by atoms with Gasteiger partial charge in [-0.3, -0.25) is 0 Å². The molecule has 1 saturated carbocycles. The van der Waals surface area contributed by atoms with Gasteiger partial charge in [-0.15, -0.1) is 0 Å². The Hall–Kier alpha value is -2.55. The van der Waals surface area contributed by atoms with Crippen molar-refractivity contribution >= 4 is 11.9 Å². The second kappa shape index (κ2) is 9.98. The highest BCUT2D eigenvalue weighted by atomic mass is 19.4. The normalized spacial score (nSPS) is 24.2. The summed E-state index contributed by atoms with van der Waals surface area (Å²) in [5, 5.41) is 0. The van der Waals surface area contributed by atoms with Crippen molar-refractivity contribution in [2.24, 2.45) is 16.8 Å². The first kappa shape index (κ1) is 24.6. The summed E-state index contributed by atoms with van der Waals surface area (Å²) >= 11 is 0. The largest absolute Gasteiger partial charge is 0.484 e. The van der Waals surface area contributed by atoms with Gasteiger partial charge in [0.2, 0.25) is 0 Å². The van der Waals surface area contributed by atoms with E-state index in [4.69, 9.17) is 9.47 Å². The van der Waals surface area contributed by atoms with Crippen molar-refractivity contribution < 1.29 is 27.4 Å². The molecule has 2 unspecified atom stereocenters. The van der Waals surface area contributed by atoms with Crippen LogP contribution in [0.1, 0.15) is 41.9 Å². The number of hydrogen-bond donors (Lipinski definition) is 0. The van der Waals surface area contributed by atoms with Gasteiger partial charge < -0.3 is 19.3 Å². The van der Waals surface area contributed by atoms with Crippen LogP contribution < -0.4 is 0 Å². The predicted octanol–water partition coefficient (Wildman–Crippen LogP) is 4.84. The van der Waals surface area contributed by atoms with Gasteiger partial charge in [-0.25, -0.2) is 9.79 Å². The van der Waals surface area contributed by atoms with Gasteiger partial charge in [0.1, 0.15) is 0 Å². The summed E-state index contributed by atoms with van der Waals surface area (Å²) in [6.45, 7) is 8.21. The zero-order chi connectivity index (χ0) is 24.5. The average molecular weight is 480 g/mol. The van der Waals surface area contributed by atoms with E-state index in [1.54, 1.807) is 23.0 Å². The van der Waals surface area contributed by atoms with Gasteiger partial charge in [-0.2, -0.15) is 13.2 Å². The van der Waals surface area contributed by atoms with E-state index in [9.17, 15) is 18.0 Å². The molecule has 2 saturated heterocycles. The molecule has 2 heterocycles. The van der Waals surface area contributed by atoms with Gasteiger partial charge in [-0.1, -0.05) is 18.7 Å². The van der Waals surface area contributed by atoms with E-state index in [1.165, 1.54) is 19.1 Å². The number of alkyl halides is 3. The summed E-state index contributed by atoms with van der Waals surface area (Å²) in [6, 6.07) is 4.35. The van der Waals surface area contributed by atoms with Crippen LogP contribution in [0.4, 0.5) is 18.0 Å². The van der Waals surface area contributed by atoms with E-state index in [1.807, 2.05) is 0 Å². The van der Waals surface area contributed by atoms with Gasteiger partial charge >= 0.3 is 12.2 Å². The van der Waals surface area contributed by atoms with Crippen molar-refractivity contribution in [3.63, 3.8) is 0 Å². The number of piperidine rings is 1. The molecular formula is C25H32F3N3O3. The topological polar surface area (TPSA) is 54.4 Å². The highest BCUT2D eigenvalue weighted by molar-refractivity contribution is 5.82. The van der Waals surface area contributed by atoms with E-state index >= 15 is 0 Å². The summed E-state index contributed by atoms with van der Waals surface area (Å²) in [5.74, 6) is 0.339. The molecule has 186 valence electrons. The van der Waals surface area contributed by atoms with Crippen LogP contribution in [0.5, 0.6) is 0 Å². The van der Waals surface area contributed by atoms with E-state index in [2.05, 4.69) is 11.6 Å². The number of nitrogens with zero attached hydrogens (tertiary/aromatic N) is 3. The molecule has 0 aromatic heterocycles. The third-order valence-corrected chi connectivity index (χ3v) is 6.90. The molecule has 3 fully saturated rings. The summed E-state index contributed by atoms with van der Waals surface area (Å²) in [4.78, 5) is 21.4. The van der Waals surface area contributed by atoms with Crippen LogP contribution in [0, 0.1) is 18.8 Å².